The molecule has 15 aromatic rings. The zero-order valence-electron chi connectivity index (χ0n) is 86.2. The first-order valence-electron chi connectivity index (χ1n) is 48.6. The van der Waals surface area contributed by atoms with Crippen LogP contribution < -0.4 is 46.0 Å². The summed E-state index contributed by atoms with van der Waals surface area (Å²) in [6.07, 6.45) is 4.15. The van der Waals surface area contributed by atoms with Crippen molar-refractivity contribution in [2.45, 2.75) is 90.1 Å². The molecule has 0 aliphatic carbocycles. The van der Waals surface area contributed by atoms with Crippen molar-refractivity contribution >= 4 is 127 Å². The van der Waals surface area contributed by atoms with Crippen LogP contribution in [-0.4, -0.2) is 158 Å². The minimum Gasteiger partial charge on any atom is -1.00 e. The fourth-order valence-corrected chi connectivity index (χ4v) is 15.5. The van der Waals surface area contributed by atoms with Crippen LogP contribution in [0.1, 0.15) is 157 Å². The van der Waals surface area contributed by atoms with E-state index in [1.165, 1.54) is 55.7 Å². The summed E-state index contributed by atoms with van der Waals surface area (Å²) >= 11 is 32.5. The Balaban J connectivity index is 0.000000443. The molecule has 0 aliphatic heterocycles. The average Bonchev–Trinajstić information content (AvgIpc) is 0.759. The van der Waals surface area contributed by atoms with Crippen LogP contribution >= 0.6 is 69.6 Å². The molecule has 0 fully saturated rings. The van der Waals surface area contributed by atoms with E-state index >= 15 is 0 Å². The second-order valence-corrected chi connectivity index (χ2v) is 34.6. The van der Waals surface area contributed by atoms with E-state index in [4.69, 9.17) is 104 Å². The molecule has 764 valence electrons. The van der Waals surface area contributed by atoms with Crippen molar-refractivity contribution in [1.82, 2.24) is 10.2 Å². The first kappa shape index (κ1) is 127. The normalized spacial score (nSPS) is 11.5. The molecule has 4 N–H and O–H groups in total. The first-order chi connectivity index (χ1) is 70.4. The van der Waals surface area contributed by atoms with Gasteiger partial charge in [0.25, 0.3) is 0 Å². The maximum atomic E-state index is 12.6. The number of alkyl halides is 6. The van der Waals surface area contributed by atoms with Gasteiger partial charge < -0.3 is 66.2 Å². The molecule has 0 heterocycles. The van der Waals surface area contributed by atoms with Gasteiger partial charge in [0.1, 0.15) is 73.1 Å². The van der Waals surface area contributed by atoms with Crippen LogP contribution in [0, 0.1) is 6.07 Å². The number of phenols is 1. The largest absolute Gasteiger partial charge is 2.00 e. The third kappa shape index (κ3) is 46.8. The molecular weight excluding hydrogens is 2020 g/mol. The molecule has 0 radical (unpaired) electrons. The van der Waals surface area contributed by atoms with Gasteiger partial charge in [0.2, 0.25) is 0 Å². The number of ketones is 1. The van der Waals surface area contributed by atoms with Gasteiger partial charge in [-0.25, -0.2) is 0 Å². The van der Waals surface area contributed by atoms with Crippen LogP contribution in [0.25, 0.3) is 22.3 Å². The zero-order valence-corrected chi connectivity index (χ0v) is 92.8. The molecule has 0 saturated heterocycles. The molecule has 0 spiro atoms. The van der Waals surface area contributed by atoms with Crippen molar-refractivity contribution in [3.63, 3.8) is 0 Å². The average molecular weight is 2160 g/mol. The van der Waals surface area contributed by atoms with Crippen LogP contribution in [0.2, 0.25) is 0 Å². The van der Waals surface area contributed by atoms with Gasteiger partial charge in [0, 0.05) is 35.7 Å². The second-order valence-electron chi connectivity index (χ2n) is 32.3. The Morgan fingerprint density at radius 1 is 0.336 bits per heavy atom. The summed E-state index contributed by atoms with van der Waals surface area (Å²) in [5.74, 6) is 6.36. The molecule has 4 unspecified atom stereocenters. The summed E-state index contributed by atoms with van der Waals surface area (Å²) in [7, 11) is 7.86. The molecule has 0 saturated carbocycles. The number of ether oxygens (including phenoxy) is 5. The fraction of sp³-hybridized carbons (Fsp3) is 0.238. The predicted molar refractivity (Wildman–Crippen MR) is 616 cm³/mol. The quantitative estimate of drug-likeness (QED) is 0.00963. The number of hydrogen-bond acceptors (Lipinski definition) is 11. The van der Waals surface area contributed by atoms with Gasteiger partial charge in [0.05, 0.1) is 29.4 Å². The van der Waals surface area contributed by atoms with E-state index in [0.717, 1.165) is 88.8 Å². The van der Waals surface area contributed by atoms with E-state index in [2.05, 4.69) is 221 Å². The van der Waals surface area contributed by atoms with E-state index < -0.39 is 11.6 Å². The van der Waals surface area contributed by atoms with Crippen molar-refractivity contribution in [2.24, 2.45) is 0 Å². The SMILES string of the molecule is CC/C(=C(\c1ccccc1)c1ccc(OCCCl)cc1)c1ccccc1.CC/C(=C(\c1ccccc1)c1ccc(OCCN(C)C)cc1)c1ccccc1.CCC(C(=O)O)c1ccccc1.CCC(C(=O)c1ccc(OCCCl)cc1)c1ccccc1.CCC(c1ccccc1)C(O)(c1ccccc1)c1ccc(OCCCl)cc1.CNC.ClCCCl.ClCCOc1ccccc1.Oc1ccccc1.[Br-].[H+].[Mg+2].[c-]1ccccc1. The van der Waals surface area contributed by atoms with Crippen LogP contribution in [0.4, 0.5) is 0 Å². The maximum Gasteiger partial charge on any atom is 2.00 e. The number of hydrogen-bond donors (Lipinski definition) is 4. The predicted octanol–water partition coefficient (Wildman–Crippen LogP) is 28.6. The van der Waals surface area contributed by atoms with Crippen molar-refractivity contribution in [3.8, 4) is 34.5 Å². The Morgan fingerprint density at radius 2 is 0.603 bits per heavy atom. The van der Waals surface area contributed by atoms with E-state index in [-0.39, 0.29) is 65.0 Å². The molecule has 0 aromatic heterocycles. The monoisotopic (exact) mass is 2150 g/mol. The number of halogens is 7. The van der Waals surface area contributed by atoms with Crippen LogP contribution in [0.5, 0.6) is 34.5 Å². The number of carboxylic acids is 1. The van der Waals surface area contributed by atoms with Crippen molar-refractivity contribution < 1.29 is 67.0 Å². The molecule has 12 nitrogen and oxygen atoms in total. The number of carbonyl (C=O) groups is 2. The Kier molecular flexibility index (Phi) is 67.7. The van der Waals surface area contributed by atoms with E-state index in [1.54, 1.807) is 24.3 Å². The van der Waals surface area contributed by atoms with Gasteiger partial charge in [-0.3, -0.25) is 9.59 Å². The number of nitrogens with one attached hydrogen (secondary N) is 1. The van der Waals surface area contributed by atoms with Crippen molar-refractivity contribution in [2.75, 3.05) is 103 Å². The number of aliphatic carboxylic acids is 1. The smallest absolute Gasteiger partial charge is 1.00 e. The molecular formula is C126H140BrCl6MgN2O10+. The molecule has 0 amide bonds. The molecule has 0 bridgehead atoms. The number of benzene rings is 15. The van der Waals surface area contributed by atoms with Gasteiger partial charge >= 0.3 is 30.4 Å². The number of aromatic hydroxyl groups is 1. The number of para-hydroxylation sites is 2. The third-order valence-electron chi connectivity index (χ3n) is 21.9. The zero-order chi connectivity index (χ0) is 104. The summed E-state index contributed by atoms with van der Waals surface area (Å²) in [6.45, 7) is 14.1. The summed E-state index contributed by atoms with van der Waals surface area (Å²) in [5.41, 5.74) is 17.0. The Morgan fingerprint density at radius 3 is 0.884 bits per heavy atom. The third-order valence-corrected chi connectivity index (χ3v) is 23.1. The summed E-state index contributed by atoms with van der Waals surface area (Å²) in [5, 5.41) is 32.3. The van der Waals surface area contributed by atoms with Crippen LogP contribution in [0.3, 0.4) is 0 Å². The minimum absolute atomic E-state index is 0. The molecule has 15 aromatic carbocycles. The Bertz CT molecular complexity index is 5850. The van der Waals surface area contributed by atoms with E-state index in [9.17, 15) is 14.7 Å². The molecule has 4 atom stereocenters. The van der Waals surface area contributed by atoms with Gasteiger partial charge in [-0.2, -0.15) is 36.4 Å². The molecule has 0 aliphatic rings. The Labute approximate surface area is 927 Å². The minimum atomic E-state index is -1.14. The number of Topliss-reactive ketones (excluding diaryl/α,β-unsaturated/α-hetero) is 1. The number of aliphatic hydroxyl groups is 1. The standard InChI is InChI=1S/C26H29NO.C24H25ClO2.C24H23ClO.C18H19ClO2.C10H12O2.C8H9ClO.C6H6O.C6H5.C2H4Cl2.C2H7N.BrH.Mg/c1-4-25(21-11-7-5-8-12-21)26(22-13-9-6-10-14-22)23-15-17-24(18-16-23)28-20-19-27(2)3;1-2-23(19-9-5-3-6-10-19)24(26,20-11-7-4-8-12-20)21-13-15-22(16-14-21)27-18-17-25;1-2-23(19-9-5-3-6-10-19)24(20-11-7-4-8-12-20)21-13-15-22(16-14-21)26-18-17-25;1-2-17(14-6-4-3-5-7-14)18(20)15-8-10-16(11-9-15)21-13-12-19;1-2-9(10(11)12)8-6-4-3-5-7-8;9-6-7-10-8-4-2-1-3-5-8;7-6-4-2-1-3-5-6;1-2-4-6-5-3-1;3-1-2-4;1-3-2;;/h5-18H,4,19-20H2,1-3H3;3-16,23,26H,2,17-18H2,1H3;3-16H,2,17-18H2,1H3;3-11,17H,2,12-13H2,1H3;3-7,9H,2H2,1H3,(H,11,12);1-5H,6-7H2;1-5,7H;1-5H;1-2H2;3H,1-2H3;1H;/q;;;;;;;-1;;;;+2/b26-25-;;24-23-;;;;;;;;;. The fourth-order valence-electron chi connectivity index (χ4n) is 15.2. The van der Waals surface area contributed by atoms with Crippen molar-refractivity contribution in [3.05, 3.63) is 504 Å². The number of carbonyl (C=O) groups excluding carboxylic acids is 1. The summed E-state index contributed by atoms with van der Waals surface area (Å²) in [4.78, 5) is 25.5. The maximum absolute atomic E-state index is 12.6. The Hall–Kier alpha value is -11.4. The second kappa shape index (κ2) is 77.9. The number of allylic oxidation sites excluding steroid dienone is 2. The van der Waals surface area contributed by atoms with E-state index in [1.807, 2.05) is 265 Å². The number of likely N-dealkylation sites (N-methyl/N-ethyl adjacent to an activating group) is 1. The number of phenolic OH excluding ortho intramolecular Hbond substituents is 1. The van der Waals surface area contributed by atoms with Crippen LogP contribution in [0.15, 0.2) is 431 Å². The van der Waals surface area contributed by atoms with Gasteiger partial charge in [-0.05, 0) is 229 Å². The first-order valence-corrected chi connectivity index (χ1v) is 51.8. The van der Waals surface area contributed by atoms with Gasteiger partial charge in [0.15, 0.2) is 5.78 Å². The van der Waals surface area contributed by atoms with E-state index in [0.29, 0.717) is 86.0 Å². The van der Waals surface area contributed by atoms with Crippen molar-refractivity contribution in [1.29, 1.82) is 0 Å². The van der Waals surface area contributed by atoms with Crippen LogP contribution in [-0.2, 0) is 10.4 Å². The molecule has 20 heteroatoms. The van der Waals surface area contributed by atoms with Gasteiger partial charge in [-0.1, -0.05) is 350 Å². The summed E-state index contributed by atoms with van der Waals surface area (Å²) in [6, 6.07) is 144. The summed E-state index contributed by atoms with van der Waals surface area (Å²) < 4.78 is 27.7. The molecule has 146 heavy (non-hydrogen) atoms. The number of rotatable bonds is 37. The number of nitrogens with zero attached hydrogens (tertiary/aromatic N) is 1. The van der Waals surface area contributed by atoms with Gasteiger partial charge in [-0.15, -0.1) is 69.6 Å². The molecule has 15 rings (SSSR count). The number of carboxylic acid groups (broad SMARTS) is 1. The topological polar surface area (TPSA) is 156 Å².